The summed E-state index contributed by atoms with van der Waals surface area (Å²) < 4.78 is 4.88. The first-order valence-corrected chi connectivity index (χ1v) is 6.40. The molecule has 1 fully saturated rings. The lowest BCUT2D eigenvalue weighted by atomic mass is 9.89. The lowest BCUT2D eigenvalue weighted by molar-refractivity contribution is -0.136. The zero-order valence-electron chi connectivity index (χ0n) is 11.1. The number of methoxy groups -OCH3 is 1. The van der Waals surface area contributed by atoms with Gasteiger partial charge < -0.3 is 9.64 Å². The van der Waals surface area contributed by atoms with Gasteiger partial charge in [0.25, 0.3) is 0 Å². The molecule has 4 nitrogen and oxygen atoms in total. The first-order chi connectivity index (χ1) is 8.70. The van der Waals surface area contributed by atoms with Crippen molar-refractivity contribution < 1.29 is 9.53 Å². The Hall–Kier alpha value is -1.42. The van der Waals surface area contributed by atoms with Crippen LogP contribution >= 0.6 is 0 Å². The van der Waals surface area contributed by atoms with Crippen molar-refractivity contribution in [2.24, 2.45) is 0 Å². The average molecular weight is 248 g/mol. The van der Waals surface area contributed by atoms with Crippen LogP contribution in [0.1, 0.15) is 30.0 Å². The molecule has 2 rings (SSSR count). The number of pyridine rings is 1. The van der Waals surface area contributed by atoms with E-state index >= 15 is 0 Å². The molecule has 4 heteroatoms. The quantitative estimate of drug-likeness (QED) is 0.818. The average Bonchev–Trinajstić information content (AvgIpc) is 2.39. The zero-order chi connectivity index (χ0) is 13.0. The minimum absolute atomic E-state index is 0.0989. The summed E-state index contributed by atoms with van der Waals surface area (Å²) in [6, 6.07) is 4.24. The maximum absolute atomic E-state index is 11.7. The van der Waals surface area contributed by atoms with Gasteiger partial charge in [0.2, 0.25) is 5.91 Å². The Balaban J connectivity index is 1.92. The van der Waals surface area contributed by atoms with Gasteiger partial charge in [0.05, 0.1) is 0 Å². The number of likely N-dealkylation sites (tertiary alicyclic amines) is 1. The van der Waals surface area contributed by atoms with E-state index < -0.39 is 0 Å². The molecule has 0 unspecified atom stereocenters. The highest BCUT2D eigenvalue weighted by Crippen LogP contribution is 2.27. The molecule has 0 radical (unpaired) electrons. The molecule has 1 aliphatic heterocycles. The molecule has 18 heavy (non-hydrogen) atoms. The number of hydrogen-bond acceptors (Lipinski definition) is 3. The van der Waals surface area contributed by atoms with Crippen LogP contribution in [0.4, 0.5) is 0 Å². The molecule has 1 saturated heterocycles. The number of carbonyl (C=O) groups is 1. The SMILES string of the molecule is COCC(=O)N1CCC(c2ccnc(C)c2)CC1. The molecule has 0 aromatic carbocycles. The highest BCUT2D eigenvalue weighted by Gasteiger charge is 2.23. The fraction of sp³-hybridized carbons (Fsp3) is 0.571. The second-order valence-corrected chi connectivity index (χ2v) is 4.82. The third-order valence-corrected chi connectivity index (χ3v) is 3.51. The standard InChI is InChI=1S/C14H20N2O2/c1-11-9-13(3-6-15-11)12-4-7-16(8-5-12)14(17)10-18-2/h3,6,9,12H,4-5,7-8,10H2,1-2H3. The van der Waals surface area contributed by atoms with Crippen molar-refractivity contribution in [2.45, 2.75) is 25.7 Å². The number of piperidine rings is 1. The monoisotopic (exact) mass is 248 g/mol. The normalized spacial score (nSPS) is 16.9. The van der Waals surface area contributed by atoms with Gasteiger partial charge in [-0.15, -0.1) is 0 Å². The summed E-state index contributed by atoms with van der Waals surface area (Å²) in [6.45, 7) is 3.86. The van der Waals surface area contributed by atoms with Gasteiger partial charge in [0, 0.05) is 32.1 Å². The van der Waals surface area contributed by atoms with E-state index in [0.717, 1.165) is 31.6 Å². The predicted octanol–water partition coefficient (Wildman–Crippen LogP) is 1.74. The summed E-state index contributed by atoms with van der Waals surface area (Å²) in [4.78, 5) is 17.8. The maximum Gasteiger partial charge on any atom is 0.248 e. The highest BCUT2D eigenvalue weighted by atomic mass is 16.5. The summed E-state index contributed by atoms with van der Waals surface area (Å²) >= 11 is 0. The second-order valence-electron chi connectivity index (χ2n) is 4.82. The summed E-state index contributed by atoms with van der Waals surface area (Å²) in [5.74, 6) is 0.653. The van der Waals surface area contributed by atoms with Crippen molar-refractivity contribution in [1.29, 1.82) is 0 Å². The van der Waals surface area contributed by atoms with Crippen molar-refractivity contribution in [3.8, 4) is 0 Å². The van der Waals surface area contributed by atoms with Crippen molar-refractivity contribution in [1.82, 2.24) is 9.88 Å². The van der Waals surface area contributed by atoms with Crippen LogP contribution < -0.4 is 0 Å². The van der Waals surface area contributed by atoms with Crippen molar-refractivity contribution in [2.75, 3.05) is 26.8 Å². The van der Waals surface area contributed by atoms with E-state index in [4.69, 9.17) is 4.74 Å². The smallest absolute Gasteiger partial charge is 0.248 e. The van der Waals surface area contributed by atoms with E-state index in [1.54, 1.807) is 7.11 Å². The molecule has 1 aliphatic rings. The van der Waals surface area contributed by atoms with E-state index in [2.05, 4.69) is 17.1 Å². The summed E-state index contributed by atoms with van der Waals surface area (Å²) in [7, 11) is 1.56. The minimum atomic E-state index is 0.0989. The number of nitrogens with zero attached hydrogens (tertiary/aromatic N) is 2. The summed E-state index contributed by atoms with van der Waals surface area (Å²) in [5.41, 5.74) is 2.41. The molecule has 0 atom stereocenters. The lowest BCUT2D eigenvalue weighted by Crippen LogP contribution is -2.39. The third-order valence-electron chi connectivity index (χ3n) is 3.51. The number of aromatic nitrogens is 1. The van der Waals surface area contributed by atoms with Crippen LogP contribution in [0, 0.1) is 6.92 Å². The van der Waals surface area contributed by atoms with E-state index in [-0.39, 0.29) is 12.5 Å². The Bertz CT molecular complexity index is 412. The largest absolute Gasteiger partial charge is 0.375 e. The Morgan fingerprint density at radius 3 is 2.83 bits per heavy atom. The first-order valence-electron chi connectivity index (χ1n) is 6.40. The van der Waals surface area contributed by atoms with Gasteiger partial charge in [0.1, 0.15) is 6.61 Å². The van der Waals surface area contributed by atoms with Gasteiger partial charge in [-0.2, -0.15) is 0 Å². The zero-order valence-corrected chi connectivity index (χ0v) is 11.1. The van der Waals surface area contributed by atoms with Gasteiger partial charge in [-0.1, -0.05) is 0 Å². The number of amides is 1. The van der Waals surface area contributed by atoms with Crippen LogP contribution in [0.3, 0.4) is 0 Å². The minimum Gasteiger partial charge on any atom is -0.375 e. The molecule has 1 aromatic heterocycles. The van der Waals surface area contributed by atoms with Gasteiger partial charge in [-0.3, -0.25) is 9.78 Å². The second kappa shape index (κ2) is 5.96. The van der Waals surface area contributed by atoms with Gasteiger partial charge in [-0.25, -0.2) is 0 Å². The number of carbonyl (C=O) groups excluding carboxylic acids is 1. The molecule has 0 N–H and O–H groups in total. The van der Waals surface area contributed by atoms with E-state index in [0.29, 0.717) is 5.92 Å². The van der Waals surface area contributed by atoms with Crippen molar-refractivity contribution >= 4 is 5.91 Å². The van der Waals surface area contributed by atoms with Crippen molar-refractivity contribution in [3.63, 3.8) is 0 Å². The fourth-order valence-corrected chi connectivity index (χ4v) is 2.50. The van der Waals surface area contributed by atoms with Crippen LogP contribution in [0.25, 0.3) is 0 Å². The lowest BCUT2D eigenvalue weighted by Gasteiger charge is -2.32. The molecule has 98 valence electrons. The van der Waals surface area contributed by atoms with Crippen LogP contribution in [0.5, 0.6) is 0 Å². The topological polar surface area (TPSA) is 42.4 Å². The molecular formula is C14H20N2O2. The first kappa shape index (κ1) is 13.0. The Labute approximate surface area is 108 Å². The predicted molar refractivity (Wildman–Crippen MR) is 69.4 cm³/mol. The molecule has 2 heterocycles. The number of ether oxygens (including phenoxy) is 1. The Kier molecular flexibility index (Phi) is 4.31. The summed E-state index contributed by atoms with van der Waals surface area (Å²) in [5, 5.41) is 0. The molecule has 1 aromatic rings. The molecule has 0 saturated carbocycles. The van der Waals surface area contributed by atoms with Crippen LogP contribution in [0.2, 0.25) is 0 Å². The van der Waals surface area contributed by atoms with E-state index in [1.165, 1.54) is 5.56 Å². The Morgan fingerprint density at radius 2 is 2.22 bits per heavy atom. The van der Waals surface area contributed by atoms with Crippen LogP contribution in [-0.4, -0.2) is 42.6 Å². The molecular weight excluding hydrogens is 228 g/mol. The molecule has 0 aliphatic carbocycles. The van der Waals surface area contributed by atoms with E-state index in [9.17, 15) is 4.79 Å². The molecule has 0 bridgehead atoms. The Morgan fingerprint density at radius 1 is 1.50 bits per heavy atom. The maximum atomic E-state index is 11.7. The van der Waals surface area contributed by atoms with Crippen LogP contribution in [0.15, 0.2) is 18.3 Å². The molecule has 1 amide bonds. The number of aryl methyl sites for hydroxylation is 1. The third kappa shape index (κ3) is 3.07. The van der Waals surface area contributed by atoms with E-state index in [1.807, 2.05) is 18.0 Å². The summed E-state index contributed by atoms with van der Waals surface area (Å²) in [6.07, 6.45) is 3.92. The van der Waals surface area contributed by atoms with Gasteiger partial charge in [0.15, 0.2) is 0 Å². The number of rotatable bonds is 3. The number of hydrogen-bond donors (Lipinski definition) is 0. The van der Waals surface area contributed by atoms with Gasteiger partial charge in [-0.05, 0) is 43.4 Å². The highest BCUT2D eigenvalue weighted by molar-refractivity contribution is 5.77. The fourth-order valence-electron chi connectivity index (χ4n) is 2.50. The van der Waals surface area contributed by atoms with Gasteiger partial charge >= 0.3 is 0 Å². The van der Waals surface area contributed by atoms with Crippen LogP contribution in [-0.2, 0) is 9.53 Å². The molecule has 0 spiro atoms. The van der Waals surface area contributed by atoms with Crippen molar-refractivity contribution in [3.05, 3.63) is 29.6 Å².